The lowest BCUT2D eigenvalue weighted by atomic mass is 9.89. The van der Waals surface area contributed by atoms with Crippen LogP contribution >= 0.6 is 12.2 Å². The fourth-order valence-electron chi connectivity index (χ4n) is 3.15. The number of rotatable bonds is 4. The van der Waals surface area contributed by atoms with Crippen LogP contribution in [0.3, 0.4) is 0 Å². The van der Waals surface area contributed by atoms with Crippen molar-refractivity contribution in [3.8, 4) is 0 Å². The third-order valence-electron chi connectivity index (χ3n) is 3.94. The summed E-state index contributed by atoms with van der Waals surface area (Å²) in [5.74, 6) is 2.93. The van der Waals surface area contributed by atoms with Gasteiger partial charge in [-0.1, -0.05) is 13.3 Å². The lowest BCUT2D eigenvalue weighted by Crippen LogP contribution is -2.39. The zero-order valence-corrected chi connectivity index (χ0v) is 10.4. The topological polar surface area (TPSA) is 24.1 Å². The van der Waals surface area contributed by atoms with E-state index >= 15 is 0 Å². The van der Waals surface area contributed by atoms with Crippen molar-refractivity contribution >= 4 is 17.3 Å². The summed E-state index contributed by atoms with van der Waals surface area (Å²) in [6.07, 6.45) is 7.01. The summed E-state index contributed by atoms with van der Waals surface area (Å²) in [6.45, 7) is 4.24. The quantitative estimate of drug-likeness (QED) is 0.719. The Hall–Kier alpha value is -0.310. The van der Waals surface area contributed by atoms with E-state index in [9.17, 15) is 0 Å². The first-order chi connectivity index (χ1) is 7.29. The van der Waals surface area contributed by atoms with Crippen molar-refractivity contribution < 1.29 is 0 Å². The van der Waals surface area contributed by atoms with E-state index in [-0.39, 0.29) is 0 Å². The lowest BCUT2D eigenvalue weighted by molar-refractivity contribution is 0.332. The van der Waals surface area contributed by atoms with Crippen LogP contribution in [0.25, 0.3) is 0 Å². The van der Waals surface area contributed by atoms with Gasteiger partial charge in [-0.2, -0.15) is 0 Å². The zero-order valence-electron chi connectivity index (χ0n) is 9.59. The molecule has 2 aliphatic rings. The first-order valence-electron chi connectivity index (χ1n) is 6.31. The predicted octanol–water partition coefficient (Wildman–Crippen LogP) is 2.30. The molecule has 2 bridgehead atoms. The third kappa shape index (κ3) is 2.83. The molecule has 0 spiro atoms. The van der Waals surface area contributed by atoms with Gasteiger partial charge in [-0.3, -0.25) is 0 Å². The van der Waals surface area contributed by atoms with Crippen molar-refractivity contribution in [2.24, 2.45) is 17.8 Å². The van der Waals surface area contributed by atoms with E-state index in [4.69, 9.17) is 12.2 Å². The average Bonchev–Trinajstić information content (AvgIpc) is 2.84. The fourth-order valence-corrected chi connectivity index (χ4v) is 3.34. The van der Waals surface area contributed by atoms with Crippen molar-refractivity contribution in [3.63, 3.8) is 0 Å². The van der Waals surface area contributed by atoms with Crippen LogP contribution in [0.2, 0.25) is 0 Å². The molecule has 86 valence electrons. The minimum Gasteiger partial charge on any atom is -0.363 e. The third-order valence-corrected chi connectivity index (χ3v) is 4.23. The smallest absolute Gasteiger partial charge is 0.166 e. The Balaban J connectivity index is 1.64. The average molecular weight is 226 g/mol. The molecule has 2 saturated carbocycles. The first-order valence-corrected chi connectivity index (χ1v) is 6.72. The van der Waals surface area contributed by atoms with Gasteiger partial charge in [0, 0.05) is 13.1 Å². The molecule has 0 radical (unpaired) electrons. The van der Waals surface area contributed by atoms with E-state index in [1.54, 1.807) is 0 Å². The molecular formula is C12H22N2S. The van der Waals surface area contributed by atoms with E-state index in [2.05, 4.69) is 17.6 Å². The fraction of sp³-hybridized carbons (Fsp3) is 0.917. The second-order valence-electron chi connectivity index (χ2n) is 5.07. The Labute approximate surface area is 98.2 Å². The molecule has 0 amide bonds. The summed E-state index contributed by atoms with van der Waals surface area (Å²) in [5.41, 5.74) is 0. The van der Waals surface area contributed by atoms with E-state index in [0.717, 1.165) is 42.4 Å². The molecule has 0 aromatic carbocycles. The van der Waals surface area contributed by atoms with E-state index in [1.165, 1.54) is 25.7 Å². The van der Waals surface area contributed by atoms with E-state index in [0.29, 0.717) is 0 Å². The maximum atomic E-state index is 5.22. The maximum Gasteiger partial charge on any atom is 0.166 e. The highest BCUT2D eigenvalue weighted by atomic mass is 32.1. The minimum absolute atomic E-state index is 0.847. The molecule has 0 aromatic rings. The van der Waals surface area contributed by atoms with Gasteiger partial charge in [-0.25, -0.2) is 0 Å². The van der Waals surface area contributed by atoms with Crippen LogP contribution in [0, 0.1) is 17.8 Å². The van der Waals surface area contributed by atoms with Gasteiger partial charge >= 0.3 is 0 Å². The molecule has 2 nitrogen and oxygen atoms in total. The van der Waals surface area contributed by atoms with Crippen LogP contribution in [0.4, 0.5) is 0 Å². The van der Waals surface area contributed by atoms with Gasteiger partial charge in [0.05, 0.1) is 0 Å². The van der Waals surface area contributed by atoms with Crippen LogP contribution in [-0.4, -0.2) is 18.2 Å². The van der Waals surface area contributed by atoms with Crippen molar-refractivity contribution in [2.45, 2.75) is 39.0 Å². The van der Waals surface area contributed by atoms with Gasteiger partial charge in [0.2, 0.25) is 0 Å². The number of thiocarbonyl (C=S) groups is 1. The number of nitrogens with one attached hydrogen (secondary N) is 2. The Morgan fingerprint density at radius 2 is 2.13 bits per heavy atom. The highest BCUT2D eigenvalue weighted by Crippen LogP contribution is 2.47. The van der Waals surface area contributed by atoms with Crippen molar-refractivity contribution in [3.05, 3.63) is 0 Å². The molecular weight excluding hydrogens is 204 g/mol. The molecule has 2 rings (SSSR count). The van der Waals surface area contributed by atoms with Crippen molar-refractivity contribution in [2.75, 3.05) is 13.1 Å². The normalized spacial score (nSPS) is 33.0. The first kappa shape index (κ1) is 11.2. The molecule has 3 atom stereocenters. The zero-order chi connectivity index (χ0) is 10.7. The van der Waals surface area contributed by atoms with E-state index in [1.807, 2.05) is 0 Å². The van der Waals surface area contributed by atoms with Crippen LogP contribution in [0.15, 0.2) is 0 Å². The summed E-state index contributed by atoms with van der Waals surface area (Å²) < 4.78 is 0. The maximum absolute atomic E-state index is 5.22. The van der Waals surface area contributed by atoms with Crippen molar-refractivity contribution in [1.29, 1.82) is 0 Å². The largest absolute Gasteiger partial charge is 0.363 e. The summed E-state index contributed by atoms with van der Waals surface area (Å²) in [7, 11) is 0. The van der Waals surface area contributed by atoms with Crippen LogP contribution in [0.1, 0.15) is 39.0 Å². The number of fused-ring (bicyclic) bond motifs is 2. The van der Waals surface area contributed by atoms with Crippen LogP contribution in [-0.2, 0) is 0 Å². The summed E-state index contributed by atoms with van der Waals surface area (Å²) >= 11 is 5.22. The van der Waals surface area contributed by atoms with Gasteiger partial charge in [-0.15, -0.1) is 0 Å². The molecule has 2 aliphatic carbocycles. The minimum atomic E-state index is 0.847. The molecule has 15 heavy (non-hydrogen) atoms. The predicted molar refractivity (Wildman–Crippen MR) is 67.8 cm³/mol. The van der Waals surface area contributed by atoms with Gasteiger partial charge < -0.3 is 10.6 Å². The Morgan fingerprint density at radius 1 is 1.27 bits per heavy atom. The SMILES string of the molecule is CCCNC(=S)NCC1CC2CCC1C2. The Kier molecular flexibility index (Phi) is 3.84. The highest BCUT2D eigenvalue weighted by Gasteiger charge is 2.39. The molecule has 0 saturated heterocycles. The number of hydrogen-bond acceptors (Lipinski definition) is 1. The standard InChI is InChI=1S/C12H22N2S/c1-2-5-13-12(15)14-8-11-7-9-3-4-10(11)6-9/h9-11H,2-8H2,1H3,(H2,13,14,15). The summed E-state index contributed by atoms with van der Waals surface area (Å²) in [5, 5.41) is 7.43. The molecule has 3 heteroatoms. The number of hydrogen-bond donors (Lipinski definition) is 2. The van der Waals surface area contributed by atoms with Gasteiger partial charge in [-0.05, 0) is 55.7 Å². The van der Waals surface area contributed by atoms with Gasteiger partial charge in [0.15, 0.2) is 5.11 Å². The lowest BCUT2D eigenvalue weighted by Gasteiger charge is -2.22. The summed E-state index contributed by atoms with van der Waals surface area (Å²) in [4.78, 5) is 0. The summed E-state index contributed by atoms with van der Waals surface area (Å²) in [6, 6.07) is 0. The van der Waals surface area contributed by atoms with E-state index < -0.39 is 0 Å². The molecule has 3 unspecified atom stereocenters. The highest BCUT2D eigenvalue weighted by molar-refractivity contribution is 7.80. The monoisotopic (exact) mass is 226 g/mol. The van der Waals surface area contributed by atoms with Crippen LogP contribution < -0.4 is 10.6 Å². The molecule has 0 aromatic heterocycles. The van der Waals surface area contributed by atoms with Gasteiger partial charge in [0.1, 0.15) is 0 Å². The molecule has 0 aliphatic heterocycles. The molecule has 2 N–H and O–H groups in total. The van der Waals surface area contributed by atoms with Gasteiger partial charge in [0.25, 0.3) is 0 Å². The molecule has 0 heterocycles. The second-order valence-corrected chi connectivity index (χ2v) is 5.48. The Morgan fingerprint density at radius 3 is 2.73 bits per heavy atom. The van der Waals surface area contributed by atoms with Crippen LogP contribution in [0.5, 0.6) is 0 Å². The Bertz CT molecular complexity index is 230. The second kappa shape index (κ2) is 5.15. The molecule has 2 fully saturated rings. The van der Waals surface area contributed by atoms with Crippen molar-refractivity contribution in [1.82, 2.24) is 10.6 Å².